The molecular weight excluding hydrogens is 449 g/mol. The molecule has 0 atom stereocenters. The second-order valence-electron chi connectivity index (χ2n) is 9.04. The summed E-state index contributed by atoms with van der Waals surface area (Å²) >= 11 is 0. The van der Waals surface area contributed by atoms with Gasteiger partial charge in [0.05, 0.1) is 16.7 Å². The molecule has 0 radical (unpaired) electrons. The molecule has 1 fully saturated rings. The Kier molecular flexibility index (Phi) is 6.00. The summed E-state index contributed by atoms with van der Waals surface area (Å²) in [6.45, 7) is 3.55. The molecular formula is C25H28FN7O2. The fraction of sp³-hybridized carbons (Fsp3) is 0.320. The van der Waals surface area contributed by atoms with Gasteiger partial charge in [-0.25, -0.2) is 14.2 Å². The number of anilines is 1. The van der Waals surface area contributed by atoms with Crippen molar-refractivity contribution in [2.75, 3.05) is 52.2 Å². The number of H-pyrrole nitrogens is 1. The smallest absolute Gasteiger partial charge is 0.330 e. The number of halogens is 1. The number of carbonyl (C=O) groups excluding carboxylic acids is 1. The maximum atomic E-state index is 14.9. The van der Waals surface area contributed by atoms with Gasteiger partial charge in [-0.15, -0.1) is 0 Å². The number of carbonyl (C=O) groups is 1. The largest absolute Gasteiger partial charge is 0.367 e. The lowest BCUT2D eigenvalue weighted by Gasteiger charge is -2.36. The fourth-order valence-electron chi connectivity index (χ4n) is 4.49. The van der Waals surface area contributed by atoms with Gasteiger partial charge in [0.1, 0.15) is 11.3 Å². The summed E-state index contributed by atoms with van der Waals surface area (Å²) in [5.74, 6) is -0.649. The molecule has 182 valence electrons. The summed E-state index contributed by atoms with van der Waals surface area (Å²) < 4.78 is 16.4. The van der Waals surface area contributed by atoms with Gasteiger partial charge in [-0.3, -0.25) is 24.1 Å². The van der Waals surface area contributed by atoms with Crippen LogP contribution in [-0.4, -0.2) is 82.5 Å². The van der Waals surface area contributed by atoms with Gasteiger partial charge in [0.15, 0.2) is 0 Å². The minimum Gasteiger partial charge on any atom is -0.367 e. The van der Waals surface area contributed by atoms with Crippen molar-refractivity contribution in [3.05, 3.63) is 76.2 Å². The SMILES string of the molecule is CN(C)N(C)C(=O)c1ccc(N2CCN(Cc3cnc4c(c3)[nH]c(=O)n3cccc43)CC2)c(F)c1. The van der Waals surface area contributed by atoms with E-state index >= 15 is 0 Å². The predicted molar refractivity (Wildman–Crippen MR) is 133 cm³/mol. The standard InChI is InChI=1S/C25H28FN7O2/c1-29(2)30(3)24(34)18-6-7-21(19(26)14-18)32-11-9-31(10-12-32)16-17-13-20-23(27-15-17)22-5-4-8-33(22)25(35)28-20/h4-8,13-15H,9-12,16H2,1-3H3,(H,28,35). The monoisotopic (exact) mass is 477 g/mol. The molecule has 10 heteroatoms. The first-order valence-electron chi connectivity index (χ1n) is 11.5. The van der Waals surface area contributed by atoms with Crippen LogP contribution >= 0.6 is 0 Å². The molecule has 1 aliphatic rings. The maximum absolute atomic E-state index is 14.9. The number of hydrazine groups is 1. The van der Waals surface area contributed by atoms with E-state index in [4.69, 9.17) is 0 Å². The molecule has 9 nitrogen and oxygen atoms in total. The molecule has 4 heterocycles. The van der Waals surface area contributed by atoms with Crippen LogP contribution in [0.5, 0.6) is 0 Å². The molecule has 0 unspecified atom stereocenters. The van der Waals surface area contributed by atoms with Crippen molar-refractivity contribution >= 4 is 28.1 Å². The second kappa shape index (κ2) is 9.12. The van der Waals surface area contributed by atoms with Crippen LogP contribution in [0.2, 0.25) is 0 Å². The Labute approximate surface area is 202 Å². The van der Waals surface area contributed by atoms with E-state index in [1.807, 2.05) is 29.3 Å². The highest BCUT2D eigenvalue weighted by Crippen LogP contribution is 2.24. The zero-order valence-electron chi connectivity index (χ0n) is 20.0. The number of aromatic nitrogens is 3. The van der Waals surface area contributed by atoms with E-state index in [2.05, 4.69) is 14.9 Å². The number of nitrogens with zero attached hydrogens (tertiary/aromatic N) is 6. The second-order valence-corrected chi connectivity index (χ2v) is 9.04. The first kappa shape index (κ1) is 23.0. The molecule has 4 aromatic rings. The molecule has 0 bridgehead atoms. The van der Waals surface area contributed by atoms with E-state index in [9.17, 15) is 14.0 Å². The van der Waals surface area contributed by atoms with Crippen LogP contribution in [0.1, 0.15) is 15.9 Å². The molecule has 35 heavy (non-hydrogen) atoms. The van der Waals surface area contributed by atoms with Crippen molar-refractivity contribution in [2.24, 2.45) is 0 Å². The van der Waals surface area contributed by atoms with Crippen LogP contribution in [0.25, 0.3) is 16.6 Å². The van der Waals surface area contributed by atoms with Crippen molar-refractivity contribution in [2.45, 2.75) is 6.54 Å². The normalized spacial score (nSPS) is 14.8. The zero-order valence-corrected chi connectivity index (χ0v) is 20.0. The zero-order chi connectivity index (χ0) is 24.7. The highest BCUT2D eigenvalue weighted by molar-refractivity contribution is 5.94. The number of piperazine rings is 1. The molecule has 1 N–H and O–H groups in total. The molecule has 0 spiro atoms. The van der Waals surface area contributed by atoms with Gasteiger partial charge < -0.3 is 9.88 Å². The van der Waals surface area contributed by atoms with Gasteiger partial charge >= 0.3 is 5.69 Å². The number of rotatable bonds is 5. The maximum Gasteiger partial charge on any atom is 0.330 e. The van der Waals surface area contributed by atoms with Gasteiger partial charge in [0, 0.05) is 71.8 Å². The van der Waals surface area contributed by atoms with Crippen molar-refractivity contribution in [3.63, 3.8) is 0 Å². The van der Waals surface area contributed by atoms with Crippen LogP contribution < -0.4 is 10.6 Å². The van der Waals surface area contributed by atoms with Crippen molar-refractivity contribution < 1.29 is 9.18 Å². The number of hydrogen-bond donors (Lipinski definition) is 1. The Hall–Kier alpha value is -3.76. The Morgan fingerprint density at radius 1 is 1.11 bits per heavy atom. The Bertz CT molecular complexity index is 1450. The third-order valence-corrected chi connectivity index (χ3v) is 6.60. The summed E-state index contributed by atoms with van der Waals surface area (Å²) in [4.78, 5) is 36.5. The number of hydrogen-bond acceptors (Lipinski definition) is 6. The number of fused-ring (bicyclic) bond motifs is 3. The van der Waals surface area contributed by atoms with Crippen LogP contribution in [0.15, 0.2) is 53.6 Å². The van der Waals surface area contributed by atoms with Crippen LogP contribution in [0.3, 0.4) is 0 Å². The van der Waals surface area contributed by atoms with Crippen LogP contribution in [-0.2, 0) is 6.54 Å². The third kappa shape index (κ3) is 4.38. The van der Waals surface area contributed by atoms with Crippen molar-refractivity contribution in [1.82, 2.24) is 29.3 Å². The van der Waals surface area contributed by atoms with E-state index in [1.165, 1.54) is 11.1 Å². The fourth-order valence-corrected chi connectivity index (χ4v) is 4.49. The van der Waals surface area contributed by atoms with E-state index in [1.54, 1.807) is 48.9 Å². The number of pyridine rings is 1. The topological polar surface area (TPSA) is 80.2 Å². The molecule has 0 aliphatic carbocycles. The molecule has 1 aliphatic heterocycles. The summed E-state index contributed by atoms with van der Waals surface area (Å²) in [6.07, 6.45) is 3.57. The minimum atomic E-state index is -0.393. The lowest BCUT2D eigenvalue weighted by Crippen LogP contribution is -2.46. The summed E-state index contributed by atoms with van der Waals surface area (Å²) in [7, 11) is 5.17. The Morgan fingerprint density at radius 3 is 2.60 bits per heavy atom. The molecule has 1 aromatic carbocycles. The predicted octanol–water partition coefficient (Wildman–Crippen LogP) is 2.19. The Balaban J connectivity index is 1.25. The van der Waals surface area contributed by atoms with E-state index in [-0.39, 0.29) is 11.6 Å². The van der Waals surface area contributed by atoms with Gasteiger partial charge in [-0.05, 0) is 42.0 Å². The number of benzene rings is 1. The molecule has 0 saturated carbocycles. The lowest BCUT2D eigenvalue weighted by molar-refractivity contribution is 0.0341. The summed E-state index contributed by atoms with van der Waals surface area (Å²) in [5, 5.41) is 3.09. The minimum absolute atomic E-state index is 0.187. The molecule has 1 amide bonds. The summed E-state index contributed by atoms with van der Waals surface area (Å²) in [6, 6.07) is 10.4. The average molecular weight is 478 g/mol. The van der Waals surface area contributed by atoms with Crippen molar-refractivity contribution in [3.8, 4) is 0 Å². The molecule has 5 rings (SSSR count). The first-order valence-corrected chi connectivity index (χ1v) is 11.5. The lowest BCUT2D eigenvalue weighted by atomic mass is 10.1. The number of aromatic amines is 1. The number of amides is 1. The third-order valence-electron chi connectivity index (χ3n) is 6.60. The summed E-state index contributed by atoms with van der Waals surface area (Å²) in [5.41, 5.74) is 3.92. The molecule has 1 saturated heterocycles. The highest BCUT2D eigenvalue weighted by atomic mass is 19.1. The van der Waals surface area contributed by atoms with E-state index in [0.29, 0.717) is 36.4 Å². The van der Waals surface area contributed by atoms with E-state index in [0.717, 1.165) is 29.7 Å². The Morgan fingerprint density at radius 2 is 1.89 bits per heavy atom. The molecule has 3 aromatic heterocycles. The van der Waals surface area contributed by atoms with Gasteiger partial charge in [0.2, 0.25) is 0 Å². The first-order chi connectivity index (χ1) is 16.8. The van der Waals surface area contributed by atoms with Crippen LogP contribution in [0.4, 0.5) is 10.1 Å². The van der Waals surface area contributed by atoms with Gasteiger partial charge in [-0.1, -0.05) is 0 Å². The highest BCUT2D eigenvalue weighted by Gasteiger charge is 2.22. The van der Waals surface area contributed by atoms with Gasteiger partial charge in [-0.2, -0.15) is 0 Å². The number of nitrogens with one attached hydrogen (secondary N) is 1. The van der Waals surface area contributed by atoms with Crippen LogP contribution in [0, 0.1) is 5.82 Å². The van der Waals surface area contributed by atoms with Gasteiger partial charge in [0.25, 0.3) is 5.91 Å². The quantitative estimate of drug-likeness (QED) is 0.444. The van der Waals surface area contributed by atoms with Crippen molar-refractivity contribution in [1.29, 1.82) is 0 Å². The van der Waals surface area contributed by atoms with E-state index < -0.39 is 5.82 Å². The average Bonchev–Trinajstić information content (AvgIpc) is 3.34.